The first kappa shape index (κ1) is 24.5. The van der Waals surface area contributed by atoms with E-state index in [0.29, 0.717) is 5.56 Å². The molecular formula is C21H21F6NO3. The summed E-state index contributed by atoms with van der Waals surface area (Å²) in [6.07, 6.45) is -10.7. The Morgan fingerprint density at radius 2 is 1.61 bits per heavy atom. The maximum atomic E-state index is 13.5. The van der Waals surface area contributed by atoms with Crippen LogP contribution < -0.4 is 5.56 Å². The molecule has 1 atom stereocenters. The molecular weight excluding hydrogens is 428 g/mol. The fraction of sp³-hybridized carbons (Fsp3) is 0.429. The average molecular weight is 449 g/mol. The predicted molar refractivity (Wildman–Crippen MR) is 101 cm³/mol. The number of carboxylic acids is 1. The molecule has 0 radical (unpaired) electrons. The molecule has 0 saturated carbocycles. The van der Waals surface area contributed by atoms with Crippen molar-refractivity contribution in [3.63, 3.8) is 0 Å². The summed E-state index contributed by atoms with van der Waals surface area (Å²) in [5.41, 5.74) is -4.73. The number of alkyl halides is 6. The molecule has 1 unspecified atom stereocenters. The van der Waals surface area contributed by atoms with E-state index in [2.05, 4.69) is 0 Å². The number of carboxylic acid groups (broad SMARTS) is 1. The van der Waals surface area contributed by atoms with Gasteiger partial charge in [-0.1, -0.05) is 38.1 Å². The molecule has 1 aromatic carbocycles. The second-order valence-corrected chi connectivity index (χ2v) is 7.67. The summed E-state index contributed by atoms with van der Waals surface area (Å²) in [5.74, 6) is -1.93. The van der Waals surface area contributed by atoms with Gasteiger partial charge in [0.2, 0.25) is 0 Å². The Labute approximate surface area is 174 Å². The molecule has 1 aromatic heterocycles. The normalized spacial score (nSPS) is 13.5. The smallest absolute Gasteiger partial charge is 0.431 e. The Bertz CT molecular complexity index is 1020. The first-order chi connectivity index (χ1) is 14.1. The van der Waals surface area contributed by atoms with Gasteiger partial charge in [-0.05, 0) is 29.5 Å². The first-order valence-electron chi connectivity index (χ1n) is 9.30. The van der Waals surface area contributed by atoms with Gasteiger partial charge in [-0.15, -0.1) is 0 Å². The largest absolute Gasteiger partial charge is 0.481 e. The summed E-state index contributed by atoms with van der Waals surface area (Å²) in [6, 6.07) is 5.96. The summed E-state index contributed by atoms with van der Waals surface area (Å²) >= 11 is 0. The van der Waals surface area contributed by atoms with Crippen LogP contribution in [0.2, 0.25) is 0 Å². The Kier molecular flexibility index (Phi) is 6.92. The molecule has 0 bridgehead atoms. The third-order valence-corrected chi connectivity index (χ3v) is 5.08. The number of nitrogens with zero attached hydrogens (tertiary/aromatic N) is 1. The number of rotatable bonds is 6. The number of pyridine rings is 1. The number of hydrogen-bond donors (Lipinski definition) is 1. The van der Waals surface area contributed by atoms with Crippen molar-refractivity contribution in [3.05, 3.63) is 68.6 Å². The van der Waals surface area contributed by atoms with Crippen LogP contribution in [0.3, 0.4) is 0 Å². The average Bonchev–Trinajstić information content (AvgIpc) is 2.61. The van der Waals surface area contributed by atoms with E-state index in [1.54, 1.807) is 19.9 Å². The summed E-state index contributed by atoms with van der Waals surface area (Å²) in [6.45, 7) is 3.45. The minimum absolute atomic E-state index is 0.0557. The SMILES string of the molecule is CC(C)C(Cc1cccc(Cc2c(C(F)(F)F)cc(C(F)(F)F)n(C)c2=O)c1)C(=O)O. The van der Waals surface area contributed by atoms with Gasteiger partial charge in [-0.2, -0.15) is 26.3 Å². The molecule has 0 saturated heterocycles. The summed E-state index contributed by atoms with van der Waals surface area (Å²) in [5, 5.41) is 9.33. The topological polar surface area (TPSA) is 59.3 Å². The van der Waals surface area contributed by atoms with Crippen LogP contribution in [0.15, 0.2) is 35.1 Å². The van der Waals surface area contributed by atoms with Gasteiger partial charge < -0.3 is 9.67 Å². The van der Waals surface area contributed by atoms with Crippen LogP contribution in [0.4, 0.5) is 26.3 Å². The quantitative estimate of drug-likeness (QED) is 0.638. The summed E-state index contributed by atoms with van der Waals surface area (Å²) < 4.78 is 79.9. The zero-order valence-electron chi connectivity index (χ0n) is 16.9. The monoisotopic (exact) mass is 449 g/mol. The van der Waals surface area contributed by atoms with E-state index in [9.17, 15) is 41.0 Å². The summed E-state index contributed by atoms with van der Waals surface area (Å²) in [4.78, 5) is 23.8. The highest BCUT2D eigenvalue weighted by molar-refractivity contribution is 5.70. The van der Waals surface area contributed by atoms with Crippen LogP contribution in [0.5, 0.6) is 0 Å². The van der Waals surface area contributed by atoms with Gasteiger partial charge in [-0.25, -0.2) is 0 Å². The fourth-order valence-electron chi connectivity index (χ4n) is 3.38. The van der Waals surface area contributed by atoms with Crippen LogP contribution in [0.1, 0.15) is 41.8 Å². The second kappa shape index (κ2) is 8.76. The van der Waals surface area contributed by atoms with Crippen LogP contribution in [0, 0.1) is 11.8 Å². The lowest BCUT2D eigenvalue weighted by molar-refractivity contribution is -0.148. The Morgan fingerprint density at radius 1 is 1.03 bits per heavy atom. The highest BCUT2D eigenvalue weighted by Crippen LogP contribution is 2.36. The maximum absolute atomic E-state index is 13.5. The van der Waals surface area contributed by atoms with Crippen molar-refractivity contribution in [1.82, 2.24) is 4.57 Å². The molecule has 2 rings (SSSR count). The Morgan fingerprint density at radius 3 is 2.10 bits per heavy atom. The molecule has 170 valence electrons. The van der Waals surface area contributed by atoms with Gasteiger partial charge in [0.25, 0.3) is 5.56 Å². The minimum atomic E-state index is -5.16. The molecule has 2 aromatic rings. The van der Waals surface area contributed by atoms with E-state index >= 15 is 0 Å². The van der Waals surface area contributed by atoms with Gasteiger partial charge >= 0.3 is 18.3 Å². The van der Waals surface area contributed by atoms with Crippen LogP contribution >= 0.6 is 0 Å². The van der Waals surface area contributed by atoms with Crippen molar-refractivity contribution in [1.29, 1.82) is 0 Å². The lowest BCUT2D eigenvalue weighted by atomic mass is 9.88. The lowest BCUT2D eigenvalue weighted by Crippen LogP contribution is -2.32. The van der Waals surface area contributed by atoms with Gasteiger partial charge in [0.15, 0.2) is 0 Å². The van der Waals surface area contributed by atoms with Crippen molar-refractivity contribution in [2.24, 2.45) is 18.9 Å². The molecule has 1 N–H and O–H groups in total. The van der Waals surface area contributed by atoms with Crippen molar-refractivity contribution < 1.29 is 36.2 Å². The maximum Gasteiger partial charge on any atom is 0.431 e. The van der Waals surface area contributed by atoms with Crippen molar-refractivity contribution in [2.45, 2.75) is 39.0 Å². The highest BCUT2D eigenvalue weighted by atomic mass is 19.4. The highest BCUT2D eigenvalue weighted by Gasteiger charge is 2.41. The number of halogens is 6. The van der Waals surface area contributed by atoms with Gasteiger partial charge in [-0.3, -0.25) is 9.59 Å². The number of benzene rings is 1. The molecule has 0 aliphatic rings. The van der Waals surface area contributed by atoms with Crippen LogP contribution in [-0.2, 0) is 37.0 Å². The zero-order chi connectivity index (χ0) is 23.7. The van der Waals surface area contributed by atoms with E-state index in [0.717, 1.165) is 7.05 Å². The number of aliphatic carboxylic acids is 1. The molecule has 0 amide bonds. The van der Waals surface area contributed by atoms with Crippen LogP contribution in [-0.4, -0.2) is 15.6 Å². The molecule has 0 fully saturated rings. The first-order valence-corrected chi connectivity index (χ1v) is 9.30. The Balaban J connectivity index is 2.53. The number of hydrogen-bond acceptors (Lipinski definition) is 2. The van der Waals surface area contributed by atoms with Crippen molar-refractivity contribution >= 4 is 5.97 Å². The molecule has 0 spiro atoms. The number of aromatic nitrogens is 1. The molecule has 0 aliphatic heterocycles. The van der Waals surface area contributed by atoms with E-state index in [1.807, 2.05) is 0 Å². The van der Waals surface area contributed by atoms with Gasteiger partial charge in [0.05, 0.1) is 11.5 Å². The molecule has 31 heavy (non-hydrogen) atoms. The minimum Gasteiger partial charge on any atom is -0.481 e. The van der Waals surface area contributed by atoms with Crippen molar-refractivity contribution in [2.75, 3.05) is 0 Å². The van der Waals surface area contributed by atoms with Gasteiger partial charge in [0.1, 0.15) is 5.69 Å². The molecule has 0 aliphatic carbocycles. The lowest BCUT2D eigenvalue weighted by Gasteiger charge is -2.19. The number of carbonyl (C=O) groups is 1. The third kappa shape index (κ3) is 5.68. The van der Waals surface area contributed by atoms with E-state index in [4.69, 9.17) is 0 Å². The van der Waals surface area contributed by atoms with Gasteiger partial charge in [0, 0.05) is 19.0 Å². The molecule has 1 heterocycles. The van der Waals surface area contributed by atoms with E-state index in [1.165, 1.54) is 18.2 Å². The van der Waals surface area contributed by atoms with Crippen molar-refractivity contribution in [3.8, 4) is 0 Å². The Hall–Kier alpha value is -2.78. The second-order valence-electron chi connectivity index (χ2n) is 7.67. The van der Waals surface area contributed by atoms with E-state index < -0.39 is 53.0 Å². The fourth-order valence-corrected chi connectivity index (χ4v) is 3.38. The third-order valence-electron chi connectivity index (χ3n) is 5.08. The summed E-state index contributed by atoms with van der Waals surface area (Å²) in [7, 11) is 0.769. The van der Waals surface area contributed by atoms with Crippen LogP contribution in [0.25, 0.3) is 0 Å². The standard InChI is InChI=1S/C21H21F6NO3/c1-11(2)14(19(30)31)8-12-5-4-6-13(7-12)9-15-16(20(22,23)24)10-17(21(25,26)27)28(3)18(15)29/h4-7,10-11,14H,8-9H2,1-3H3,(H,30,31). The molecule has 10 heteroatoms. The molecule has 4 nitrogen and oxygen atoms in total. The zero-order valence-corrected chi connectivity index (χ0v) is 16.9. The predicted octanol–water partition coefficient (Wildman–Crippen LogP) is 4.91. The van der Waals surface area contributed by atoms with E-state index in [-0.39, 0.29) is 28.5 Å².